The summed E-state index contributed by atoms with van der Waals surface area (Å²) < 4.78 is 36.1. The number of hydrogen-bond acceptors (Lipinski definition) is 2. The third-order valence-electron chi connectivity index (χ3n) is 3.46. The van der Waals surface area contributed by atoms with Crippen LogP contribution in [0.4, 0.5) is 13.2 Å². The molecule has 0 aliphatic carbocycles. The molecule has 100 valence electrons. The molecule has 1 atom stereocenters. The van der Waals surface area contributed by atoms with Crippen LogP contribution in [-0.2, 0) is 4.79 Å². The van der Waals surface area contributed by atoms with Gasteiger partial charge in [0, 0.05) is 13.1 Å². The number of carbonyl (C=O) groups excluding carboxylic acids is 1. The van der Waals surface area contributed by atoms with Gasteiger partial charge in [-0.3, -0.25) is 4.79 Å². The average molecular weight is 252 g/mol. The summed E-state index contributed by atoms with van der Waals surface area (Å²) in [6, 6.07) is 0. The standard InChI is InChI=1S/C11H19F3N2O/c1-10(2,8-4-5-16(3)6-8)7-15-9(17)11(12,13)14/h8H,4-7H2,1-3H3,(H,15,17). The second-order valence-corrected chi connectivity index (χ2v) is 5.42. The minimum atomic E-state index is -4.79. The van der Waals surface area contributed by atoms with Crippen LogP contribution in [0.25, 0.3) is 0 Å². The fourth-order valence-corrected chi connectivity index (χ4v) is 2.13. The maximum atomic E-state index is 12.0. The van der Waals surface area contributed by atoms with Gasteiger partial charge in [-0.1, -0.05) is 13.8 Å². The smallest absolute Gasteiger partial charge is 0.348 e. The zero-order valence-electron chi connectivity index (χ0n) is 10.4. The quantitative estimate of drug-likeness (QED) is 0.828. The molecule has 1 amide bonds. The van der Waals surface area contributed by atoms with Gasteiger partial charge in [0.2, 0.25) is 0 Å². The van der Waals surface area contributed by atoms with Crippen molar-refractivity contribution >= 4 is 5.91 Å². The third kappa shape index (κ3) is 3.87. The molecule has 17 heavy (non-hydrogen) atoms. The number of rotatable bonds is 3. The van der Waals surface area contributed by atoms with Gasteiger partial charge in [0.1, 0.15) is 0 Å². The molecule has 1 aliphatic rings. The Balaban J connectivity index is 2.47. The number of nitrogens with one attached hydrogen (secondary N) is 1. The van der Waals surface area contributed by atoms with Crippen LogP contribution in [0.5, 0.6) is 0 Å². The number of carbonyl (C=O) groups is 1. The third-order valence-corrected chi connectivity index (χ3v) is 3.46. The molecule has 0 aromatic rings. The van der Waals surface area contributed by atoms with Crippen LogP contribution in [0, 0.1) is 11.3 Å². The zero-order chi connectivity index (χ0) is 13.3. The lowest BCUT2D eigenvalue weighted by Crippen LogP contribution is -2.44. The Morgan fingerprint density at radius 1 is 1.41 bits per heavy atom. The van der Waals surface area contributed by atoms with Crippen LogP contribution >= 0.6 is 0 Å². The van der Waals surface area contributed by atoms with Gasteiger partial charge in [-0.2, -0.15) is 13.2 Å². The highest BCUT2D eigenvalue weighted by Gasteiger charge is 2.40. The number of amides is 1. The molecule has 3 nitrogen and oxygen atoms in total. The minimum absolute atomic E-state index is 0.0594. The largest absolute Gasteiger partial charge is 0.471 e. The van der Waals surface area contributed by atoms with Crippen LogP contribution in [0.15, 0.2) is 0 Å². The first kappa shape index (κ1) is 14.3. The molecular formula is C11H19F3N2O. The molecule has 0 bridgehead atoms. The van der Waals surface area contributed by atoms with Crippen molar-refractivity contribution in [2.24, 2.45) is 11.3 Å². The molecule has 0 saturated carbocycles. The molecular weight excluding hydrogens is 233 g/mol. The molecule has 6 heteroatoms. The van der Waals surface area contributed by atoms with Crippen molar-refractivity contribution in [1.82, 2.24) is 10.2 Å². The van der Waals surface area contributed by atoms with Crippen LogP contribution in [-0.4, -0.2) is 43.7 Å². The fourth-order valence-electron chi connectivity index (χ4n) is 2.13. The van der Waals surface area contributed by atoms with E-state index in [9.17, 15) is 18.0 Å². The molecule has 1 rings (SSSR count). The Hall–Kier alpha value is -0.780. The predicted octanol–water partition coefficient (Wildman–Crippen LogP) is 1.64. The van der Waals surface area contributed by atoms with Gasteiger partial charge in [0.15, 0.2) is 0 Å². The monoisotopic (exact) mass is 252 g/mol. The van der Waals surface area contributed by atoms with Crippen molar-refractivity contribution in [3.8, 4) is 0 Å². The Bertz CT molecular complexity index is 289. The molecule has 1 aliphatic heterocycles. The summed E-state index contributed by atoms with van der Waals surface area (Å²) in [5.41, 5.74) is -0.314. The van der Waals surface area contributed by atoms with Crippen molar-refractivity contribution in [2.75, 3.05) is 26.7 Å². The summed E-state index contributed by atoms with van der Waals surface area (Å²) in [4.78, 5) is 12.9. The van der Waals surface area contributed by atoms with E-state index in [0.717, 1.165) is 19.5 Å². The lowest BCUT2D eigenvalue weighted by atomic mass is 9.78. The Kier molecular flexibility index (Phi) is 4.06. The molecule has 1 N–H and O–H groups in total. The van der Waals surface area contributed by atoms with E-state index in [2.05, 4.69) is 4.90 Å². The average Bonchev–Trinajstić information content (AvgIpc) is 2.60. The molecule has 1 unspecified atom stereocenters. The predicted molar refractivity (Wildman–Crippen MR) is 58.4 cm³/mol. The highest BCUT2D eigenvalue weighted by molar-refractivity contribution is 5.81. The van der Waals surface area contributed by atoms with E-state index < -0.39 is 12.1 Å². The summed E-state index contributed by atoms with van der Waals surface area (Å²) in [7, 11) is 1.99. The van der Waals surface area contributed by atoms with Gasteiger partial charge < -0.3 is 10.2 Å². The summed E-state index contributed by atoms with van der Waals surface area (Å²) in [6.45, 7) is 5.68. The Morgan fingerprint density at radius 3 is 2.41 bits per heavy atom. The molecule has 1 fully saturated rings. The summed E-state index contributed by atoms with van der Waals surface area (Å²) >= 11 is 0. The van der Waals surface area contributed by atoms with Crippen molar-refractivity contribution in [2.45, 2.75) is 26.4 Å². The first-order chi connectivity index (χ1) is 7.63. The van der Waals surface area contributed by atoms with E-state index in [1.54, 1.807) is 0 Å². The lowest BCUT2D eigenvalue weighted by molar-refractivity contribution is -0.174. The van der Waals surface area contributed by atoms with Crippen molar-refractivity contribution in [3.63, 3.8) is 0 Å². The van der Waals surface area contributed by atoms with Gasteiger partial charge in [-0.25, -0.2) is 0 Å². The molecule has 0 radical (unpaired) electrons. The minimum Gasteiger partial charge on any atom is -0.348 e. The van der Waals surface area contributed by atoms with Crippen LogP contribution in [0.2, 0.25) is 0 Å². The van der Waals surface area contributed by atoms with Gasteiger partial charge in [0.25, 0.3) is 0 Å². The fraction of sp³-hybridized carbons (Fsp3) is 0.909. The summed E-state index contributed by atoms with van der Waals surface area (Å²) in [6.07, 6.45) is -3.83. The van der Waals surface area contributed by atoms with Crippen LogP contribution in [0.1, 0.15) is 20.3 Å². The second kappa shape index (κ2) is 4.84. The summed E-state index contributed by atoms with van der Waals surface area (Å²) in [5, 5.41) is 1.97. The number of likely N-dealkylation sites (tertiary alicyclic amines) is 1. The number of hydrogen-bond donors (Lipinski definition) is 1. The topological polar surface area (TPSA) is 32.3 Å². The molecule has 1 saturated heterocycles. The van der Waals surface area contributed by atoms with E-state index in [0.29, 0.717) is 5.92 Å². The first-order valence-electron chi connectivity index (χ1n) is 5.66. The SMILES string of the molecule is CN1CCC(C(C)(C)CNC(=O)C(F)(F)F)C1. The van der Waals surface area contributed by atoms with E-state index in [1.165, 1.54) is 0 Å². The Morgan fingerprint density at radius 2 is 2.00 bits per heavy atom. The van der Waals surface area contributed by atoms with Gasteiger partial charge in [-0.15, -0.1) is 0 Å². The van der Waals surface area contributed by atoms with Gasteiger partial charge in [-0.05, 0) is 31.3 Å². The molecule has 0 aromatic carbocycles. The normalized spacial score (nSPS) is 22.8. The zero-order valence-corrected chi connectivity index (χ0v) is 10.4. The number of halogens is 3. The second-order valence-electron chi connectivity index (χ2n) is 5.42. The van der Waals surface area contributed by atoms with Crippen LogP contribution < -0.4 is 5.32 Å². The maximum absolute atomic E-state index is 12.0. The molecule has 0 aromatic heterocycles. The van der Waals surface area contributed by atoms with Gasteiger partial charge in [0.05, 0.1) is 0 Å². The van der Waals surface area contributed by atoms with E-state index in [-0.39, 0.29) is 12.0 Å². The Labute approximate surface area is 99.4 Å². The lowest BCUT2D eigenvalue weighted by Gasteiger charge is -2.31. The first-order valence-corrected chi connectivity index (χ1v) is 5.66. The van der Waals surface area contributed by atoms with Crippen LogP contribution in [0.3, 0.4) is 0 Å². The summed E-state index contributed by atoms with van der Waals surface area (Å²) in [5.74, 6) is -1.53. The van der Waals surface area contributed by atoms with Crippen molar-refractivity contribution in [3.05, 3.63) is 0 Å². The van der Waals surface area contributed by atoms with E-state index >= 15 is 0 Å². The van der Waals surface area contributed by atoms with Crippen molar-refractivity contribution in [1.29, 1.82) is 0 Å². The van der Waals surface area contributed by atoms with E-state index in [4.69, 9.17) is 0 Å². The van der Waals surface area contributed by atoms with Gasteiger partial charge >= 0.3 is 12.1 Å². The van der Waals surface area contributed by atoms with Crippen molar-refractivity contribution < 1.29 is 18.0 Å². The van der Waals surface area contributed by atoms with E-state index in [1.807, 2.05) is 26.2 Å². The molecule has 1 heterocycles. The maximum Gasteiger partial charge on any atom is 0.471 e. The number of alkyl halides is 3. The molecule has 0 spiro atoms. The highest BCUT2D eigenvalue weighted by atomic mass is 19.4. The highest BCUT2D eigenvalue weighted by Crippen LogP contribution is 2.33. The number of nitrogens with zero attached hydrogens (tertiary/aromatic N) is 1.